The zero-order valence-corrected chi connectivity index (χ0v) is 18.4. The van der Waals surface area contributed by atoms with E-state index in [0.29, 0.717) is 25.7 Å². The van der Waals surface area contributed by atoms with Crippen LogP contribution in [0.4, 0.5) is 0 Å². The van der Waals surface area contributed by atoms with Gasteiger partial charge >= 0.3 is 0 Å². The van der Waals surface area contributed by atoms with Gasteiger partial charge in [0.15, 0.2) is 11.5 Å². The van der Waals surface area contributed by atoms with E-state index in [0.717, 1.165) is 47.6 Å². The number of benzene rings is 1. The molecule has 0 unspecified atom stereocenters. The first-order valence-corrected chi connectivity index (χ1v) is 12.1. The van der Waals surface area contributed by atoms with Gasteiger partial charge in [0.1, 0.15) is 0 Å². The lowest BCUT2D eigenvalue weighted by Crippen LogP contribution is -2.46. The van der Waals surface area contributed by atoms with Crippen LogP contribution < -0.4 is 9.47 Å². The van der Waals surface area contributed by atoms with Gasteiger partial charge in [-0.2, -0.15) is 0 Å². The van der Waals surface area contributed by atoms with Gasteiger partial charge in [-0.1, -0.05) is 25.0 Å². The summed E-state index contributed by atoms with van der Waals surface area (Å²) in [7, 11) is 0. The molecule has 2 aliphatic heterocycles. The van der Waals surface area contributed by atoms with Crippen molar-refractivity contribution in [1.82, 2.24) is 9.80 Å². The lowest BCUT2D eigenvalue weighted by Gasteiger charge is -2.36. The van der Waals surface area contributed by atoms with Gasteiger partial charge in [-0.25, -0.2) is 0 Å². The van der Waals surface area contributed by atoms with Crippen LogP contribution in [0.15, 0.2) is 35.7 Å². The highest BCUT2D eigenvalue weighted by molar-refractivity contribution is 7.12. The topological polar surface area (TPSA) is 59.1 Å². The highest BCUT2D eigenvalue weighted by Gasteiger charge is 2.34. The number of likely N-dealkylation sites (tertiary alicyclic amines) is 1. The number of fused-ring (bicyclic) bond motifs is 1. The maximum absolute atomic E-state index is 13.6. The van der Waals surface area contributed by atoms with E-state index < -0.39 is 0 Å². The molecule has 31 heavy (non-hydrogen) atoms. The van der Waals surface area contributed by atoms with Crippen molar-refractivity contribution in [3.8, 4) is 11.5 Å². The highest BCUT2D eigenvalue weighted by atomic mass is 32.1. The van der Waals surface area contributed by atoms with Crippen LogP contribution in [0.3, 0.4) is 0 Å². The Labute approximate surface area is 186 Å². The summed E-state index contributed by atoms with van der Waals surface area (Å²) in [6.45, 7) is 2.16. The predicted molar refractivity (Wildman–Crippen MR) is 118 cm³/mol. The third kappa shape index (κ3) is 4.28. The van der Waals surface area contributed by atoms with Crippen LogP contribution in [-0.4, -0.2) is 47.5 Å². The van der Waals surface area contributed by atoms with E-state index in [2.05, 4.69) is 4.90 Å². The number of carbonyl (C=O) groups excluding carboxylic acids is 2. The molecule has 0 atom stereocenters. The normalized spacial score (nSPS) is 19.0. The van der Waals surface area contributed by atoms with E-state index in [1.54, 1.807) is 0 Å². The molecular formula is C24H28N2O4S. The van der Waals surface area contributed by atoms with Crippen LogP contribution in [0, 0.1) is 5.92 Å². The smallest absolute Gasteiger partial charge is 0.263 e. The first-order chi connectivity index (χ1) is 15.2. The van der Waals surface area contributed by atoms with Crippen LogP contribution in [0.5, 0.6) is 11.5 Å². The second kappa shape index (κ2) is 8.91. The minimum Gasteiger partial charge on any atom is -0.454 e. The summed E-state index contributed by atoms with van der Waals surface area (Å²) >= 11 is 1.48. The molecule has 0 radical (unpaired) electrons. The Kier molecular flexibility index (Phi) is 5.85. The number of nitrogens with zero attached hydrogens (tertiary/aromatic N) is 2. The SMILES string of the molecule is O=C(c1cccs1)N1CCC(C(=O)N(Cc2ccc3c(c2)OCO3)C2CCCC2)CC1. The number of thiophene rings is 1. The highest BCUT2D eigenvalue weighted by Crippen LogP contribution is 2.34. The summed E-state index contributed by atoms with van der Waals surface area (Å²) in [5.74, 6) is 1.85. The van der Waals surface area contributed by atoms with Crippen molar-refractivity contribution in [3.05, 3.63) is 46.2 Å². The fraction of sp³-hybridized carbons (Fsp3) is 0.500. The van der Waals surface area contributed by atoms with Crippen molar-refractivity contribution in [1.29, 1.82) is 0 Å². The van der Waals surface area contributed by atoms with Gasteiger partial charge in [0.2, 0.25) is 12.7 Å². The molecule has 164 valence electrons. The minimum absolute atomic E-state index is 0.0120. The van der Waals surface area contributed by atoms with E-state index in [-0.39, 0.29) is 24.5 Å². The second-order valence-corrected chi connectivity index (χ2v) is 9.58. The van der Waals surface area contributed by atoms with Gasteiger partial charge < -0.3 is 19.3 Å². The van der Waals surface area contributed by atoms with Crippen LogP contribution in [0.1, 0.15) is 53.8 Å². The summed E-state index contributed by atoms with van der Waals surface area (Å²) < 4.78 is 10.9. The first-order valence-electron chi connectivity index (χ1n) is 11.2. The molecule has 0 spiro atoms. The monoisotopic (exact) mass is 440 g/mol. The molecule has 2 fully saturated rings. The third-order valence-corrected chi connectivity index (χ3v) is 7.56. The average molecular weight is 441 g/mol. The number of piperidine rings is 1. The van der Waals surface area contributed by atoms with Crippen molar-refractivity contribution in [2.75, 3.05) is 19.9 Å². The number of ether oxygens (including phenoxy) is 2. The fourth-order valence-electron chi connectivity index (χ4n) is 4.96. The maximum Gasteiger partial charge on any atom is 0.263 e. The average Bonchev–Trinajstić information content (AvgIpc) is 3.58. The van der Waals surface area contributed by atoms with E-state index in [1.165, 1.54) is 24.2 Å². The fourth-order valence-corrected chi connectivity index (χ4v) is 5.65. The molecule has 1 saturated carbocycles. The molecule has 0 bridgehead atoms. The molecule has 5 rings (SSSR count). The number of rotatable bonds is 5. The Morgan fingerprint density at radius 2 is 1.81 bits per heavy atom. The Hall–Kier alpha value is -2.54. The third-order valence-electron chi connectivity index (χ3n) is 6.70. The zero-order valence-electron chi connectivity index (χ0n) is 17.6. The largest absolute Gasteiger partial charge is 0.454 e. The van der Waals surface area contributed by atoms with E-state index in [1.807, 2.05) is 40.6 Å². The number of hydrogen-bond acceptors (Lipinski definition) is 5. The van der Waals surface area contributed by atoms with E-state index in [9.17, 15) is 9.59 Å². The second-order valence-electron chi connectivity index (χ2n) is 8.64. The number of carbonyl (C=O) groups is 2. The van der Waals surface area contributed by atoms with Crippen molar-refractivity contribution in [2.24, 2.45) is 5.92 Å². The summed E-state index contributed by atoms with van der Waals surface area (Å²) in [5, 5.41) is 1.93. The van der Waals surface area contributed by atoms with Crippen molar-refractivity contribution in [2.45, 2.75) is 51.1 Å². The van der Waals surface area contributed by atoms with Gasteiger partial charge in [-0.3, -0.25) is 9.59 Å². The minimum atomic E-state index is -0.0120. The Bertz CT molecular complexity index is 931. The lowest BCUT2D eigenvalue weighted by molar-refractivity contribution is -0.140. The molecule has 1 aliphatic carbocycles. The molecular weight excluding hydrogens is 412 g/mol. The van der Waals surface area contributed by atoms with Gasteiger partial charge in [-0.15, -0.1) is 11.3 Å². The summed E-state index contributed by atoms with van der Waals surface area (Å²) in [6, 6.07) is 10.1. The summed E-state index contributed by atoms with van der Waals surface area (Å²) in [5.41, 5.74) is 1.08. The van der Waals surface area contributed by atoms with Gasteiger partial charge in [0.05, 0.1) is 4.88 Å². The van der Waals surface area contributed by atoms with Gasteiger partial charge in [0.25, 0.3) is 5.91 Å². The molecule has 3 aliphatic rings. The van der Waals surface area contributed by atoms with Crippen LogP contribution in [0.25, 0.3) is 0 Å². The standard InChI is InChI=1S/C24H28N2O4S/c27-23(18-9-11-25(12-10-18)24(28)22-6-3-13-31-22)26(19-4-1-2-5-19)15-17-7-8-20-21(14-17)30-16-29-20/h3,6-8,13-14,18-19H,1-2,4-5,9-12,15-16H2. The lowest BCUT2D eigenvalue weighted by atomic mass is 9.94. The zero-order chi connectivity index (χ0) is 21.2. The maximum atomic E-state index is 13.6. The molecule has 0 N–H and O–H groups in total. The van der Waals surface area contributed by atoms with Crippen LogP contribution in [0.2, 0.25) is 0 Å². The Balaban J connectivity index is 1.26. The molecule has 1 aromatic heterocycles. The molecule has 2 amide bonds. The quantitative estimate of drug-likeness (QED) is 0.696. The number of amides is 2. The summed E-state index contributed by atoms with van der Waals surface area (Å²) in [4.78, 5) is 31.0. The van der Waals surface area contributed by atoms with Crippen molar-refractivity contribution >= 4 is 23.2 Å². The molecule has 2 aromatic rings. The van der Waals surface area contributed by atoms with E-state index >= 15 is 0 Å². The summed E-state index contributed by atoms with van der Waals surface area (Å²) in [6.07, 6.45) is 5.99. The van der Waals surface area contributed by atoms with Crippen LogP contribution >= 0.6 is 11.3 Å². The number of hydrogen-bond donors (Lipinski definition) is 0. The van der Waals surface area contributed by atoms with E-state index in [4.69, 9.17) is 9.47 Å². The molecule has 1 saturated heterocycles. The van der Waals surface area contributed by atoms with Gasteiger partial charge in [-0.05, 0) is 54.8 Å². The first kappa shape index (κ1) is 20.4. The molecule has 3 heterocycles. The van der Waals surface area contributed by atoms with Gasteiger partial charge in [0, 0.05) is 31.6 Å². The molecule has 6 nitrogen and oxygen atoms in total. The Morgan fingerprint density at radius 1 is 1.03 bits per heavy atom. The van der Waals surface area contributed by atoms with Crippen LogP contribution in [-0.2, 0) is 11.3 Å². The Morgan fingerprint density at radius 3 is 2.55 bits per heavy atom. The van der Waals surface area contributed by atoms with Crippen molar-refractivity contribution < 1.29 is 19.1 Å². The molecule has 1 aromatic carbocycles. The molecule has 7 heteroatoms. The predicted octanol–water partition coefficient (Wildman–Crippen LogP) is 4.30. The van der Waals surface area contributed by atoms with Crippen molar-refractivity contribution in [3.63, 3.8) is 0 Å².